The van der Waals surface area contributed by atoms with Crippen LogP contribution in [0.25, 0.3) is 0 Å². The molecule has 6 nitrogen and oxygen atoms in total. The zero-order valence-corrected chi connectivity index (χ0v) is 18.4. The molecule has 1 saturated heterocycles. The van der Waals surface area contributed by atoms with Crippen molar-refractivity contribution < 1.29 is 13.5 Å². The molecule has 2 N–H and O–H groups in total. The Morgan fingerprint density at radius 3 is 2.63 bits per heavy atom. The lowest BCUT2D eigenvalue weighted by Crippen LogP contribution is -2.48. The van der Waals surface area contributed by atoms with Gasteiger partial charge in [-0.15, -0.1) is 0 Å². The third-order valence-electron chi connectivity index (χ3n) is 5.45. The number of piperidine rings is 1. The van der Waals surface area contributed by atoms with Crippen molar-refractivity contribution in [3.05, 3.63) is 52.7 Å². The van der Waals surface area contributed by atoms with Crippen LogP contribution in [0.4, 0.5) is 4.39 Å². The van der Waals surface area contributed by atoms with Gasteiger partial charge in [0.2, 0.25) is 0 Å². The van der Waals surface area contributed by atoms with Crippen LogP contribution in [0.5, 0.6) is 5.75 Å². The number of likely N-dealkylation sites (tertiary alicyclic amines) is 1. The molecule has 0 amide bonds. The molecule has 0 saturated carbocycles. The van der Waals surface area contributed by atoms with Gasteiger partial charge < -0.3 is 19.8 Å². The molecule has 1 aromatic heterocycles. The molecule has 7 heteroatoms. The van der Waals surface area contributed by atoms with E-state index in [1.807, 2.05) is 26.0 Å². The quantitative estimate of drug-likeness (QED) is 0.532. The molecule has 3 rings (SSSR count). The second-order valence-electron chi connectivity index (χ2n) is 7.80. The molecule has 0 unspecified atom stereocenters. The van der Waals surface area contributed by atoms with Crippen molar-refractivity contribution in [1.29, 1.82) is 0 Å². The van der Waals surface area contributed by atoms with Crippen LogP contribution in [0.15, 0.2) is 33.7 Å². The van der Waals surface area contributed by atoms with Crippen molar-refractivity contribution in [3.63, 3.8) is 0 Å². The first kappa shape index (κ1) is 22.2. The number of aliphatic imine (C=N–C) groups is 1. The Labute approximate surface area is 178 Å². The highest BCUT2D eigenvalue weighted by atomic mass is 19.1. The lowest BCUT2D eigenvalue weighted by Gasteiger charge is -2.33. The normalized spacial score (nSPS) is 16.0. The predicted molar refractivity (Wildman–Crippen MR) is 117 cm³/mol. The van der Waals surface area contributed by atoms with Crippen LogP contribution in [-0.4, -0.2) is 43.6 Å². The summed E-state index contributed by atoms with van der Waals surface area (Å²) in [4.78, 5) is 7.09. The summed E-state index contributed by atoms with van der Waals surface area (Å²) >= 11 is 0. The summed E-state index contributed by atoms with van der Waals surface area (Å²) < 4.78 is 24.5. The van der Waals surface area contributed by atoms with Gasteiger partial charge in [-0.3, -0.25) is 4.90 Å². The maximum Gasteiger partial charge on any atom is 0.191 e. The number of methoxy groups -OCH3 is 1. The Kier molecular flexibility index (Phi) is 7.74. The van der Waals surface area contributed by atoms with Crippen molar-refractivity contribution in [2.75, 3.05) is 26.7 Å². The number of benzene rings is 1. The highest BCUT2D eigenvalue weighted by molar-refractivity contribution is 5.80. The summed E-state index contributed by atoms with van der Waals surface area (Å²) in [6.07, 6.45) is 2.04. The highest BCUT2D eigenvalue weighted by Crippen LogP contribution is 2.20. The molecule has 1 aliphatic rings. The zero-order valence-electron chi connectivity index (χ0n) is 18.4. The molecule has 0 bridgehead atoms. The van der Waals surface area contributed by atoms with Gasteiger partial charge in [-0.25, -0.2) is 9.38 Å². The SMILES string of the molecule is CCNC(=NCc1cc(C)oc1C)NC1CCN(Cc2ccc(OC)c(F)c2)CC1. The monoisotopic (exact) mass is 416 g/mol. The van der Waals surface area contributed by atoms with E-state index in [0.29, 0.717) is 12.6 Å². The number of furan rings is 1. The molecule has 2 heterocycles. The minimum atomic E-state index is -0.305. The Hall–Kier alpha value is -2.54. The Morgan fingerprint density at radius 2 is 2.03 bits per heavy atom. The number of ether oxygens (including phenoxy) is 1. The maximum atomic E-state index is 13.9. The van der Waals surface area contributed by atoms with Crippen LogP contribution in [0.3, 0.4) is 0 Å². The molecule has 0 spiro atoms. The van der Waals surface area contributed by atoms with E-state index in [-0.39, 0.29) is 11.6 Å². The second-order valence-corrected chi connectivity index (χ2v) is 7.80. The fraction of sp³-hybridized carbons (Fsp3) is 0.522. The van der Waals surface area contributed by atoms with Gasteiger partial charge in [0.05, 0.1) is 13.7 Å². The van der Waals surface area contributed by atoms with Gasteiger partial charge in [0, 0.05) is 37.8 Å². The number of aryl methyl sites for hydroxylation is 2. The van der Waals surface area contributed by atoms with Crippen molar-refractivity contribution in [2.24, 2.45) is 4.99 Å². The van der Waals surface area contributed by atoms with Crippen LogP contribution in [0.2, 0.25) is 0 Å². The van der Waals surface area contributed by atoms with E-state index in [4.69, 9.17) is 14.1 Å². The number of hydrogen-bond donors (Lipinski definition) is 2. The molecule has 164 valence electrons. The standard InChI is InChI=1S/C23H33FN4O2/c1-5-25-23(26-14-19-12-16(2)30-17(19)3)27-20-8-10-28(11-9-20)15-18-6-7-22(29-4)21(24)13-18/h6-7,12-13,20H,5,8-11,14-15H2,1-4H3,(H2,25,26,27). The molecule has 1 fully saturated rings. The first-order chi connectivity index (χ1) is 14.5. The van der Waals surface area contributed by atoms with E-state index >= 15 is 0 Å². The smallest absolute Gasteiger partial charge is 0.191 e. The largest absolute Gasteiger partial charge is 0.494 e. The lowest BCUT2D eigenvalue weighted by atomic mass is 10.0. The summed E-state index contributed by atoms with van der Waals surface area (Å²) in [5, 5.41) is 6.90. The van der Waals surface area contributed by atoms with Crippen LogP contribution in [0, 0.1) is 19.7 Å². The molecule has 30 heavy (non-hydrogen) atoms. The molecule has 1 aromatic carbocycles. The summed E-state index contributed by atoms with van der Waals surface area (Å²) in [7, 11) is 1.48. The van der Waals surface area contributed by atoms with Crippen LogP contribution in [0.1, 0.15) is 42.4 Å². The first-order valence-corrected chi connectivity index (χ1v) is 10.6. The maximum absolute atomic E-state index is 13.9. The average molecular weight is 417 g/mol. The molecule has 2 aromatic rings. The molecular formula is C23H33FN4O2. The van der Waals surface area contributed by atoms with Crippen LogP contribution < -0.4 is 15.4 Å². The van der Waals surface area contributed by atoms with Crippen molar-refractivity contribution in [1.82, 2.24) is 15.5 Å². The summed E-state index contributed by atoms with van der Waals surface area (Å²) in [6, 6.07) is 7.61. The predicted octanol–water partition coefficient (Wildman–Crippen LogP) is 3.76. The molecule has 1 aliphatic heterocycles. The summed E-state index contributed by atoms with van der Waals surface area (Å²) in [5.41, 5.74) is 2.09. The first-order valence-electron chi connectivity index (χ1n) is 10.6. The Bertz CT molecular complexity index is 857. The molecule has 0 radical (unpaired) electrons. The number of nitrogens with zero attached hydrogens (tertiary/aromatic N) is 2. The minimum Gasteiger partial charge on any atom is -0.494 e. The fourth-order valence-corrected chi connectivity index (χ4v) is 3.82. The van der Waals surface area contributed by atoms with Crippen molar-refractivity contribution >= 4 is 5.96 Å². The topological polar surface area (TPSA) is 62.0 Å². The third kappa shape index (κ3) is 5.98. The van der Waals surface area contributed by atoms with E-state index < -0.39 is 0 Å². The van der Waals surface area contributed by atoms with Crippen LogP contribution in [-0.2, 0) is 13.1 Å². The number of guanidine groups is 1. The van der Waals surface area contributed by atoms with Gasteiger partial charge in [0.1, 0.15) is 11.5 Å². The van der Waals surface area contributed by atoms with Gasteiger partial charge in [0.25, 0.3) is 0 Å². The van der Waals surface area contributed by atoms with E-state index in [9.17, 15) is 4.39 Å². The lowest BCUT2D eigenvalue weighted by molar-refractivity contribution is 0.198. The van der Waals surface area contributed by atoms with E-state index in [2.05, 4.69) is 22.5 Å². The Morgan fingerprint density at radius 1 is 1.27 bits per heavy atom. The van der Waals surface area contributed by atoms with E-state index in [1.54, 1.807) is 12.1 Å². The fourth-order valence-electron chi connectivity index (χ4n) is 3.82. The van der Waals surface area contributed by atoms with Gasteiger partial charge in [-0.05, 0) is 57.4 Å². The summed E-state index contributed by atoms with van der Waals surface area (Å²) in [6.45, 7) is 10.1. The number of nitrogens with one attached hydrogen (secondary N) is 2. The zero-order chi connectivity index (χ0) is 21.5. The van der Waals surface area contributed by atoms with Crippen molar-refractivity contribution in [3.8, 4) is 5.75 Å². The van der Waals surface area contributed by atoms with Crippen LogP contribution >= 0.6 is 0 Å². The van der Waals surface area contributed by atoms with E-state index in [0.717, 1.165) is 67.6 Å². The number of rotatable bonds is 7. The second kappa shape index (κ2) is 10.5. The van der Waals surface area contributed by atoms with Crippen molar-refractivity contribution in [2.45, 2.75) is 52.7 Å². The minimum absolute atomic E-state index is 0.290. The van der Waals surface area contributed by atoms with Gasteiger partial charge in [-0.2, -0.15) is 0 Å². The van der Waals surface area contributed by atoms with Gasteiger partial charge in [0.15, 0.2) is 17.5 Å². The third-order valence-corrected chi connectivity index (χ3v) is 5.45. The summed E-state index contributed by atoms with van der Waals surface area (Å²) in [5.74, 6) is 2.67. The van der Waals surface area contributed by atoms with E-state index in [1.165, 1.54) is 7.11 Å². The molecule has 0 atom stereocenters. The van der Waals surface area contributed by atoms with Gasteiger partial charge in [-0.1, -0.05) is 6.07 Å². The molecular weight excluding hydrogens is 383 g/mol. The Balaban J connectivity index is 1.51. The molecule has 0 aliphatic carbocycles. The average Bonchev–Trinajstić information content (AvgIpc) is 3.05. The number of hydrogen-bond acceptors (Lipinski definition) is 4. The highest BCUT2D eigenvalue weighted by Gasteiger charge is 2.20. The number of halogens is 1. The van der Waals surface area contributed by atoms with Gasteiger partial charge >= 0.3 is 0 Å².